The molecule has 0 spiro atoms. The van der Waals surface area contributed by atoms with Gasteiger partial charge in [0, 0.05) is 12.5 Å². The first-order valence-corrected chi connectivity index (χ1v) is 10.0. The minimum absolute atomic E-state index is 0.0747. The van der Waals surface area contributed by atoms with E-state index in [2.05, 4.69) is 9.97 Å². The molecule has 0 unspecified atom stereocenters. The molecular weight excluding hydrogens is 396 g/mol. The lowest BCUT2D eigenvalue weighted by Gasteiger charge is -2.28. The van der Waals surface area contributed by atoms with Crippen molar-refractivity contribution in [2.24, 2.45) is 0 Å². The van der Waals surface area contributed by atoms with Gasteiger partial charge in [-0.3, -0.25) is 0 Å². The zero-order valence-electron chi connectivity index (χ0n) is 17.9. The van der Waals surface area contributed by atoms with Crippen LogP contribution in [-0.2, 0) is 29.1 Å². The highest BCUT2D eigenvalue weighted by Crippen LogP contribution is 2.20. The van der Waals surface area contributed by atoms with E-state index in [0.29, 0.717) is 24.8 Å². The average Bonchev–Trinajstić information content (AvgIpc) is 2.80. The number of benzene rings is 2. The Balaban J connectivity index is 1.69. The van der Waals surface area contributed by atoms with Crippen LogP contribution in [0.15, 0.2) is 66.7 Å². The molecule has 2 aromatic carbocycles. The third-order valence-corrected chi connectivity index (χ3v) is 4.60. The van der Waals surface area contributed by atoms with E-state index in [-0.39, 0.29) is 25.6 Å². The molecule has 0 aliphatic heterocycles. The van der Waals surface area contributed by atoms with Crippen molar-refractivity contribution < 1.29 is 24.1 Å². The fraction of sp³-hybridized carbons (Fsp3) is 0.333. The lowest BCUT2D eigenvalue weighted by molar-refractivity contribution is -0.102. The predicted molar refractivity (Wildman–Crippen MR) is 116 cm³/mol. The van der Waals surface area contributed by atoms with E-state index in [4.69, 9.17) is 18.9 Å². The van der Waals surface area contributed by atoms with Crippen LogP contribution in [0, 0.1) is 0 Å². The summed E-state index contributed by atoms with van der Waals surface area (Å²) in [5, 5.41) is 11.4. The van der Waals surface area contributed by atoms with Gasteiger partial charge in [-0.1, -0.05) is 60.7 Å². The Morgan fingerprint density at radius 1 is 0.774 bits per heavy atom. The Bertz CT molecular complexity index is 854. The molecule has 0 amide bonds. The van der Waals surface area contributed by atoms with Crippen LogP contribution in [0.2, 0.25) is 0 Å². The van der Waals surface area contributed by atoms with E-state index in [1.54, 1.807) is 6.07 Å². The highest BCUT2D eigenvalue weighted by Gasteiger charge is 2.30. The molecule has 7 nitrogen and oxygen atoms in total. The van der Waals surface area contributed by atoms with Gasteiger partial charge in [0.15, 0.2) is 0 Å². The molecule has 1 aromatic heterocycles. The topological polar surface area (TPSA) is 82.9 Å². The summed E-state index contributed by atoms with van der Waals surface area (Å²) < 4.78 is 22.0. The van der Waals surface area contributed by atoms with E-state index >= 15 is 0 Å². The molecule has 3 rings (SSSR count). The van der Waals surface area contributed by atoms with Crippen LogP contribution >= 0.6 is 0 Å². The molecule has 1 N–H and O–H groups in total. The average molecular weight is 424 g/mol. The summed E-state index contributed by atoms with van der Waals surface area (Å²) >= 11 is 0. The van der Waals surface area contributed by atoms with Gasteiger partial charge in [0.05, 0.1) is 46.3 Å². The number of aromatic nitrogens is 2. The van der Waals surface area contributed by atoms with Crippen molar-refractivity contribution in [3.05, 3.63) is 83.6 Å². The third kappa shape index (κ3) is 7.32. The number of rotatable bonds is 12. The van der Waals surface area contributed by atoms with Crippen molar-refractivity contribution in [3.8, 4) is 11.9 Å². The molecule has 0 bridgehead atoms. The van der Waals surface area contributed by atoms with Crippen LogP contribution in [0.5, 0.6) is 11.9 Å². The van der Waals surface area contributed by atoms with E-state index in [9.17, 15) is 5.11 Å². The Labute approximate surface area is 182 Å². The van der Waals surface area contributed by atoms with Crippen molar-refractivity contribution in [2.45, 2.75) is 25.2 Å². The highest BCUT2D eigenvalue weighted by atomic mass is 16.5. The second kappa shape index (κ2) is 11.4. The van der Waals surface area contributed by atoms with Gasteiger partial charge in [-0.25, -0.2) is 0 Å². The summed E-state index contributed by atoms with van der Waals surface area (Å²) in [6.07, 6.45) is 0.186. The second-order valence-electron chi connectivity index (χ2n) is 7.25. The molecule has 0 aliphatic rings. The molecule has 0 fully saturated rings. The van der Waals surface area contributed by atoms with Crippen LogP contribution < -0.4 is 9.47 Å². The smallest absolute Gasteiger partial charge is 0.319 e. The maximum Gasteiger partial charge on any atom is 0.319 e. The first-order chi connectivity index (χ1) is 15.1. The molecule has 0 saturated carbocycles. The lowest BCUT2D eigenvalue weighted by Crippen LogP contribution is -2.42. The molecule has 164 valence electrons. The number of ether oxygens (including phenoxy) is 4. The maximum absolute atomic E-state index is 11.4. The summed E-state index contributed by atoms with van der Waals surface area (Å²) in [6, 6.07) is 21.5. The molecule has 7 heteroatoms. The fourth-order valence-corrected chi connectivity index (χ4v) is 3.08. The molecule has 31 heavy (non-hydrogen) atoms. The van der Waals surface area contributed by atoms with Gasteiger partial charge in [0.25, 0.3) is 0 Å². The normalized spacial score (nSPS) is 11.3. The van der Waals surface area contributed by atoms with E-state index in [0.717, 1.165) is 11.1 Å². The van der Waals surface area contributed by atoms with Gasteiger partial charge in [-0.2, -0.15) is 9.97 Å². The van der Waals surface area contributed by atoms with Gasteiger partial charge >= 0.3 is 6.01 Å². The molecular formula is C24H28N2O5. The molecule has 1 heterocycles. The first-order valence-electron chi connectivity index (χ1n) is 10.0. The van der Waals surface area contributed by atoms with Gasteiger partial charge in [0.1, 0.15) is 5.60 Å². The van der Waals surface area contributed by atoms with E-state index in [1.807, 2.05) is 60.7 Å². The summed E-state index contributed by atoms with van der Waals surface area (Å²) in [6.45, 7) is 0.924. The summed E-state index contributed by atoms with van der Waals surface area (Å²) in [7, 11) is 3.00. The number of hydrogen-bond donors (Lipinski definition) is 1. The van der Waals surface area contributed by atoms with Crippen molar-refractivity contribution in [1.82, 2.24) is 9.97 Å². The van der Waals surface area contributed by atoms with Crippen LogP contribution in [0.3, 0.4) is 0 Å². The summed E-state index contributed by atoms with van der Waals surface area (Å²) in [4.78, 5) is 8.44. The van der Waals surface area contributed by atoms with Crippen molar-refractivity contribution in [1.29, 1.82) is 0 Å². The van der Waals surface area contributed by atoms with Gasteiger partial charge < -0.3 is 24.1 Å². The number of nitrogens with zero attached hydrogens (tertiary/aromatic N) is 2. The molecule has 0 saturated heterocycles. The minimum Gasteiger partial charge on any atom is -0.481 e. The quantitative estimate of drug-likeness (QED) is 0.478. The SMILES string of the molecule is COc1cc(CC(O)(COCc2ccccc2)COCc2ccccc2)nc(OC)n1. The van der Waals surface area contributed by atoms with Crippen LogP contribution in [0.25, 0.3) is 0 Å². The Morgan fingerprint density at radius 3 is 1.81 bits per heavy atom. The zero-order valence-corrected chi connectivity index (χ0v) is 17.9. The lowest BCUT2D eigenvalue weighted by atomic mass is 9.99. The zero-order chi connectivity index (χ0) is 21.9. The molecule has 0 aliphatic carbocycles. The van der Waals surface area contributed by atoms with Crippen molar-refractivity contribution in [3.63, 3.8) is 0 Å². The van der Waals surface area contributed by atoms with Crippen LogP contribution in [0.1, 0.15) is 16.8 Å². The predicted octanol–water partition coefficient (Wildman–Crippen LogP) is 3.20. The molecule has 0 radical (unpaired) electrons. The molecule has 3 aromatic rings. The van der Waals surface area contributed by atoms with Crippen LogP contribution in [-0.4, -0.2) is 48.1 Å². The van der Waals surface area contributed by atoms with Crippen molar-refractivity contribution in [2.75, 3.05) is 27.4 Å². The van der Waals surface area contributed by atoms with Crippen LogP contribution in [0.4, 0.5) is 0 Å². The Hall–Kier alpha value is -3.00. The maximum atomic E-state index is 11.4. The van der Waals surface area contributed by atoms with E-state index in [1.165, 1.54) is 14.2 Å². The standard InChI is InChI=1S/C24H28N2O5/c1-28-22-13-21(25-23(26-22)29-2)14-24(27,17-30-15-19-9-5-3-6-10-19)18-31-16-20-11-7-4-8-12-20/h3-13,27H,14-18H2,1-2H3. The van der Waals surface area contributed by atoms with Gasteiger partial charge in [-0.05, 0) is 11.1 Å². The first kappa shape index (κ1) is 22.7. The molecule has 0 atom stereocenters. The number of hydrogen-bond acceptors (Lipinski definition) is 7. The number of aliphatic hydroxyl groups is 1. The van der Waals surface area contributed by atoms with Crippen molar-refractivity contribution >= 4 is 0 Å². The largest absolute Gasteiger partial charge is 0.481 e. The Morgan fingerprint density at radius 2 is 1.32 bits per heavy atom. The fourth-order valence-electron chi connectivity index (χ4n) is 3.08. The Kier molecular flexibility index (Phi) is 8.35. The van der Waals surface area contributed by atoms with Gasteiger partial charge in [-0.15, -0.1) is 0 Å². The number of methoxy groups -OCH3 is 2. The van der Waals surface area contributed by atoms with E-state index < -0.39 is 5.60 Å². The summed E-state index contributed by atoms with van der Waals surface area (Å²) in [5.41, 5.74) is 1.33. The third-order valence-electron chi connectivity index (χ3n) is 4.60. The minimum atomic E-state index is -1.30. The highest BCUT2D eigenvalue weighted by molar-refractivity contribution is 5.20. The van der Waals surface area contributed by atoms with Gasteiger partial charge in [0.2, 0.25) is 5.88 Å². The second-order valence-corrected chi connectivity index (χ2v) is 7.25. The summed E-state index contributed by atoms with van der Waals surface area (Å²) in [5.74, 6) is 0.361. The monoisotopic (exact) mass is 424 g/mol.